The largest absolute Gasteiger partial charge is 0.422 e. The van der Waals surface area contributed by atoms with Gasteiger partial charge < -0.3 is 13.8 Å². The van der Waals surface area contributed by atoms with Gasteiger partial charge in [-0.3, -0.25) is 0 Å². The number of fused-ring (bicyclic) bond motifs is 3. The number of aromatic nitrogens is 2. The quantitative estimate of drug-likeness (QED) is 0.331. The maximum Gasteiger partial charge on any atom is 0.349 e. The van der Waals surface area contributed by atoms with E-state index < -0.39 is 5.63 Å². The van der Waals surface area contributed by atoms with Crippen molar-refractivity contribution in [3.63, 3.8) is 0 Å². The second-order valence-electron chi connectivity index (χ2n) is 7.01. The van der Waals surface area contributed by atoms with Crippen LogP contribution in [0, 0.1) is 0 Å². The molecule has 3 aromatic carbocycles. The van der Waals surface area contributed by atoms with Crippen LogP contribution in [0.3, 0.4) is 0 Å². The summed E-state index contributed by atoms with van der Waals surface area (Å²) >= 11 is 0. The van der Waals surface area contributed by atoms with E-state index in [-0.39, 0.29) is 11.5 Å². The molecular formula is C23H17N3O3. The maximum absolute atomic E-state index is 12.5. The van der Waals surface area contributed by atoms with E-state index in [1.807, 2.05) is 73.6 Å². The van der Waals surface area contributed by atoms with E-state index in [4.69, 9.17) is 8.94 Å². The first-order chi connectivity index (χ1) is 14.1. The summed E-state index contributed by atoms with van der Waals surface area (Å²) in [6.45, 7) is 0. The van der Waals surface area contributed by atoms with Crippen LogP contribution in [0.5, 0.6) is 0 Å². The molecule has 0 aliphatic rings. The Kier molecular flexibility index (Phi) is 3.91. The fourth-order valence-corrected chi connectivity index (χ4v) is 3.38. The molecule has 142 valence electrons. The van der Waals surface area contributed by atoms with Crippen LogP contribution in [0.15, 0.2) is 80.5 Å². The molecule has 0 fully saturated rings. The molecular weight excluding hydrogens is 366 g/mol. The van der Waals surface area contributed by atoms with Crippen LogP contribution in [0.25, 0.3) is 44.6 Å². The molecule has 2 aromatic heterocycles. The number of benzene rings is 3. The molecule has 0 atom stereocenters. The lowest BCUT2D eigenvalue weighted by molar-refractivity contribution is 0.429. The van der Waals surface area contributed by atoms with Crippen LogP contribution in [0.1, 0.15) is 0 Å². The Labute approximate surface area is 166 Å². The minimum Gasteiger partial charge on any atom is -0.422 e. The van der Waals surface area contributed by atoms with Crippen molar-refractivity contribution in [2.24, 2.45) is 0 Å². The molecule has 0 saturated carbocycles. The Bertz CT molecular complexity index is 1400. The number of hydrogen-bond acceptors (Lipinski definition) is 6. The summed E-state index contributed by atoms with van der Waals surface area (Å²) in [6.07, 6.45) is 0. The van der Waals surface area contributed by atoms with E-state index in [0.717, 1.165) is 27.4 Å². The molecule has 6 nitrogen and oxygen atoms in total. The van der Waals surface area contributed by atoms with Crippen molar-refractivity contribution in [3.8, 4) is 22.8 Å². The van der Waals surface area contributed by atoms with Crippen molar-refractivity contribution >= 4 is 27.4 Å². The molecule has 0 N–H and O–H groups in total. The molecule has 0 spiro atoms. The highest BCUT2D eigenvalue weighted by Crippen LogP contribution is 2.28. The molecule has 0 aliphatic heterocycles. The van der Waals surface area contributed by atoms with Crippen molar-refractivity contribution in [3.05, 3.63) is 77.2 Å². The van der Waals surface area contributed by atoms with Crippen LogP contribution in [-0.2, 0) is 0 Å². The van der Waals surface area contributed by atoms with Gasteiger partial charge in [0.15, 0.2) is 0 Å². The minimum atomic E-state index is -0.508. The predicted octanol–water partition coefficient (Wildman–Crippen LogP) is 4.73. The zero-order valence-electron chi connectivity index (χ0n) is 15.9. The number of nitrogens with zero attached hydrogens (tertiary/aromatic N) is 3. The molecule has 6 heteroatoms. The van der Waals surface area contributed by atoms with Crippen LogP contribution < -0.4 is 10.5 Å². The Morgan fingerprint density at radius 1 is 0.897 bits per heavy atom. The summed E-state index contributed by atoms with van der Waals surface area (Å²) in [5.74, 6) is 0.558. The summed E-state index contributed by atoms with van der Waals surface area (Å²) in [5, 5.41) is 6.92. The van der Waals surface area contributed by atoms with Gasteiger partial charge in [0.25, 0.3) is 5.89 Å². The van der Waals surface area contributed by atoms with Gasteiger partial charge in [0.1, 0.15) is 11.1 Å². The van der Waals surface area contributed by atoms with Gasteiger partial charge in [-0.2, -0.15) is 4.98 Å². The van der Waals surface area contributed by atoms with E-state index in [2.05, 4.69) is 10.1 Å². The van der Waals surface area contributed by atoms with Gasteiger partial charge in [0, 0.05) is 30.7 Å². The Morgan fingerprint density at radius 2 is 1.69 bits per heavy atom. The highest BCUT2D eigenvalue weighted by molar-refractivity contribution is 6.06. The van der Waals surface area contributed by atoms with Gasteiger partial charge in [-0.25, -0.2) is 4.79 Å². The van der Waals surface area contributed by atoms with Crippen molar-refractivity contribution in [2.45, 2.75) is 0 Å². The third kappa shape index (κ3) is 2.95. The normalized spacial score (nSPS) is 11.2. The second-order valence-corrected chi connectivity index (χ2v) is 7.01. The van der Waals surface area contributed by atoms with Crippen molar-refractivity contribution in [1.82, 2.24) is 10.1 Å². The molecule has 0 saturated heterocycles. The van der Waals surface area contributed by atoms with Crippen molar-refractivity contribution < 1.29 is 8.94 Å². The molecule has 0 unspecified atom stereocenters. The summed E-state index contributed by atoms with van der Waals surface area (Å²) in [5.41, 5.74) is 2.14. The lowest BCUT2D eigenvalue weighted by Crippen LogP contribution is -2.07. The fraction of sp³-hybridized carbons (Fsp3) is 0.0870. The Morgan fingerprint density at radius 3 is 2.48 bits per heavy atom. The van der Waals surface area contributed by atoms with Gasteiger partial charge >= 0.3 is 5.63 Å². The van der Waals surface area contributed by atoms with Crippen molar-refractivity contribution in [1.29, 1.82) is 0 Å². The summed E-state index contributed by atoms with van der Waals surface area (Å²) < 4.78 is 10.9. The second kappa shape index (κ2) is 6.60. The van der Waals surface area contributed by atoms with Gasteiger partial charge in [-0.05, 0) is 47.2 Å². The zero-order valence-corrected chi connectivity index (χ0v) is 15.9. The molecule has 5 aromatic rings. The van der Waals surface area contributed by atoms with E-state index in [1.54, 1.807) is 12.1 Å². The third-order valence-corrected chi connectivity index (χ3v) is 4.94. The van der Waals surface area contributed by atoms with E-state index in [1.165, 1.54) is 0 Å². The first-order valence-corrected chi connectivity index (χ1v) is 9.17. The van der Waals surface area contributed by atoms with Crippen molar-refractivity contribution in [2.75, 3.05) is 19.0 Å². The summed E-state index contributed by atoms with van der Waals surface area (Å²) in [6, 6.07) is 21.2. The standard InChI is InChI=1S/C23H17N3O3/c1-26(2)16-10-7-15(8-11-16)21-24-22(29-25-21)19-13-18-17-6-4-3-5-14(17)9-12-20(18)28-23(19)27/h3-13H,1-2H3. The predicted molar refractivity (Wildman–Crippen MR) is 113 cm³/mol. The van der Waals surface area contributed by atoms with E-state index in [9.17, 15) is 4.79 Å². The highest BCUT2D eigenvalue weighted by Gasteiger charge is 2.17. The number of rotatable bonds is 3. The lowest BCUT2D eigenvalue weighted by atomic mass is 10.0. The number of hydrogen-bond donors (Lipinski definition) is 0. The molecule has 0 radical (unpaired) electrons. The Hall–Kier alpha value is -3.93. The van der Waals surface area contributed by atoms with Gasteiger partial charge in [-0.15, -0.1) is 0 Å². The first-order valence-electron chi connectivity index (χ1n) is 9.17. The average Bonchev–Trinajstić information content (AvgIpc) is 3.23. The third-order valence-electron chi connectivity index (χ3n) is 4.94. The first kappa shape index (κ1) is 17.2. The SMILES string of the molecule is CN(C)c1ccc(-c2noc(-c3cc4c(ccc5ccccc54)oc3=O)n2)cc1. The van der Waals surface area contributed by atoms with E-state index >= 15 is 0 Å². The molecule has 0 amide bonds. The van der Waals surface area contributed by atoms with Crippen LogP contribution in [0.2, 0.25) is 0 Å². The maximum atomic E-state index is 12.5. The van der Waals surface area contributed by atoms with Crippen LogP contribution >= 0.6 is 0 Å². The molecule has 29 heavy (non-hydrogen) atoms. The molecule has 5 rings (SSSR count). The van der Waals surface area contributed by atoms with Crippen LogP contribution in [-0.4, -0.2) is 24.2 Å². The average molecular weight is 383 g/mol. The summed E-state index contributed by atoms with van der Waals surface area (Å²) in [7, 11) is 3.95. The molecule has 2 heterocycles. The highest BCUT2D eigenvalue weighted by atomic mass is 16.5. The molecule has 0 bridgehead atoms. The van der Waals surface area contributed by atoms with Gasteiger partial charge in [0.05, 0.1) is 0 Å². The monoisotopic (exact) mass is 383 g/mol. The Balaban J connectivity index is 1.61. The topological polar surface area (TPSA) is 72.4 Å². The minimum absolute atomic E-state index is 0.139. The lowest BCUT2D eigenvalue weighted by Gasteiger charge is -2.11. The van der Waals surface area contributed by atoms with E-state index in [0.29, 0.717) is 11.4 Å². The smallest absolute Gasteiger partial charge is 0.349 e. The van der Waals surface area contributed by atoms with Crippen LogP contribution in [0.4, 0.5) is 5.69 Å². The van der Waals surface area contributed by atoms with Gasteiger partial charge in [0.2, 0.25) is 5.82 Å². The molecule has 0 aliphatic carbocycles. The van der Waals surface area contributed by atoms with Gasteiger partial charge in [-0.1, -0.05) is 35.5 Å². The number of anilines is 1. The zero-order chi connectivity index (χ0) is 20.0. The summed E-state index contributed by atoms with van der Waals surface area (Å²) in [4.78, 5) is 19.0. The fourth-order valence-electron chi connectivity index (χ4n) is 3.38.